The maximum absolute atomic E-state index is 4.36. The minimum atomic E-state index is 0.778. The van der Waals surface area contributed by atoms with Gasteiger partial charge >= 0.3 is 89.2 Å². The Labute approximate surface area is 89.3 Å². The molecule has 0 aliphatic carbocycles. The van der Waals surface area contributed by atoms with Crippen LogP contribution in [0.1, 0.15) is 5.69 Å². The van der Waals surface area contributed by atoms with Gasteiger partial charge in [0.25, 0.3) is 0 Å². The van der Waals surface area contributed by atoms with Gasteiger partial charge in [-0.15, -0.1) is 0 Å². The molecule has 0 fully saturated rings. The molecule has 1 unspecified atom stereocenters. The molecule has 0 spiro atoms. The molecule has 2 aromatic rings. The van der Waals surface area contributed by atoms with Gasteiger partial charge in [-0.1, -0.05) is 0 Å². The van der Waals surface area contributed by atoms with E-state index >= 15 is 0 Å². The quantitative estimate of drug-likeness (QED) is 0.704. The first kappa shape index (κ1) is 9.07. The van der Waals surface area contributed by atoms with E-state index in [0.717, 1.165) is 13.9 Å². The third kappa shape index (κ3) is 1.88. The Hall–Kier alpha value is -0.504. The van der Waals surface area contributed by atoms with Crippen molar-refractivity contribution in [2.45, 2.75) is 6.92 Å². The number of aromatic nitrogens is 2. The summed E-state index contributed by atoms with van der Waals surface area (Å²) in [5, 5.41) is 5.74. The van der Waals surface area contributed by atoms with Crippen molar-refractivity contribution in [3.63, 3.8) is 0 Å². The average molecular weight is 246 g/mol. The van der Waals surface area contributed by atoms with Crippen LogP contribution < -0.4 is 0 Å². The Morgan fingerprint density at radius 2 is 2.31 bits per heavy atom. The molecule has 0 bridgehead atoms. The molecular weight excluding hydrogens is 237 g/mol. The molecule has 0 amide bonds. The Kier molecular flexibility index (Phi) is 2.58. The molecule has 2 aromatic heterocycles. The topological polar surface area (TPSA) is 17.8 Å². The molecule has 13 heavy (non-hydrogen) atoms. The van der Waals surface area contributed by atoms with Gasteiger partial charge in [-0.05, 0) is 0 Å². The summed E-state index contributed by atoms with van der Waals surface area (Å²) in [4.78, 5) is 0. The molecular formula is C9H9GaN2P+. The summed E-state index contributed by atoms with van der Waals surface area (Å²) in [5.41, 5.74) is 2.36. The number of hydrogen-bond acceptors (Lipinski definition) is 1. The van der Waals surface area contributed by atoms with E-state index in [1.54, 1.807) is 0 Å². The Morgan fingerprint density at radius 3 is 2.85 bits per heavy atom. The summed E-state index contributed by atoms with van der Waals surface area (Å²) in [7, 11) is 0.778. The van der Waals surface area contributed by atoms with Crippen LogP contribution in [0.25, 0.3) is 11.0 Å². The zero-order valence-electron chi connectivity index (χ0n) is 7.36. The van der Waals surface area contributed by atoms with Gasteiger partial charge in [0.2, 0.25) is 0 Å². The SMILES string of the molecule is Cc1cc(-c2cccc[pH+]2)[n]([Ga])n1. The average Bonchev–Trinajstić information content (AvgIpc) is 2.47. The molecule has 2 nitrogen and oxygen atoms in total. The van der Waals surface area contributed by atoms with Crippen molar-refractivity contribution in [2.75, 3.05) is 0 Å². The van der Waals surface area contributed by atoms with Crippen LogP contribution in [0.5, 0.6) is 0 Å². The fourth-order valence-corrected chi connectivity index (χ4v) is 3.29. The van der Waals surface area contributed by atoms with E-state index < -0.39 is 0 Å². The molecule has 2 radical (unpaired) electrons. The second-order valence-electron chi connectivity index (χ2n) is 2.89. The predicted molar refractivity (Wildman–Crippen MR) is 57.5 cm³/mol. The van der Waals surface area contributed by atoms with Gasteiger partial charge in [-0.25, -0.2) is 0 Å². The van der Waals surface area contributed by atoms with E-state index in [2.05, 4.69) is 35.2 Å². The fraction of sp³-hybridized carbons (Fsp3) is 0.111. The van der Waals surface area contributed by atoms with Crippen LogP contribution in [0.3, 0.4) is 0 Å². The van der Waals surface area contributed by atoms with E-state index in [1.807, 2.05) is 10.3 Å². The second-order valence-corrected chi connectivity index (χ2v) is 5.08. The first-order chi connectivity index (χ1) is 6.27. The first-order valence-electron chi connectivity index (χ1n) is 4.06. The molecule has 4 heteroatoms. The van der Waals surface area contributed by atoms with E-state index in [0.29, 0.717) is 0 Å². The first-order valence-corrected chi connectivity index (χ1v) is 6.22. The Bertz CT molecular complexity index is 411. The third-order valence-electron chi connectivity index (χ3n) is 1.84. The summed E-state index contributed by atoms with van der Waals surface area (Å²) in [6.07, 6.45) is 0. The molecule has 0 aliphatic heterocycles. The summed E-state index contributed by atoms with van der Waals surface area (Å²) in [5.74, 6) is 2.20. The standard InChI is InChI=1S/C9H8N2P.Ga/c1-7-6-8(11-10-7)9-4-2-3-5-12-9;/h2-6H,1H3;/q-1;+1/p+1. The molecule has 2 rings (SSSR count). The van der Waals surface area contributed by atoms with Gasteiger partial charge in [0.1, 0.15) is 0 Å². The number of rotatable bonds is 1. The van der Waals surface area contributed by atoms with Crippen LogP contribution >= 0.6 is 8.19 Å². The van der Waals surface area contributed by atoms with Gasteiger partial charge in [-0.2, -0.15) is 0 Å². The summed E-state index contributed by atoms with van der Waals surface area (Å²) in [6, 6.07) is 8.50. The Balaban J connectivity index is 2.53. The molecule has 62 valence electrons. The molecule has 0 saturated carbocycles. The van der Waals surface area contributed by atoms with Crippen molar-refractivity contribution in [1.82, 2.24) is 8.49 Å². The van der Waals surface area contributed by atoms with E-state index in [9.17, 15) is 0 Å². The van der Waals surface area contributed by atoms with Crippen molar-refractivity contribution >= 4 is 27.0 Å². The van der Waals surface area contributed by atoms with Crippen LogP contribution in [0.15, 0.2) is 30.1 Å². The number of hydrogen-bond donors (Lipinski definition) is 0. The molecule has 0 saturated heterocycles. The third-order valence-corrected chi connectivity index (χ3v) is 3.76. The zero-order valence-corrected chi connectivity index (χ0v) is 10.8. The van der Waals surface area contributed by atoms with Gasteiger partial charge in [0.05, 0.1) is 0 Å². The van der Waals surface area contributed by atoms with Gasteiger partial charge in [0, 0.05) is 0 Å². The Morgan fingerprint density at radius 1 is 1.46 bits per heavy atom. The molecule has 0 N–H and O–H groups in total. The number of nitrogens with zero attached hydrogens (tertiary/aromatic N) is 2. The van der Waals surface area contributed by atoms with Gasteiger partial charge in [0.15, 0.2) is 0 Å². The molecule has 2 heterocycles. The van der Waals surface area contributed by atoms with Gasteiger partial charge < -0.3 is 0 Å². The monoisotopic (exact) mass is 245 g/mol. The predicted octanol–water partition coefficient (Wildman–Crippen LogP) is 2.10. The van der Waals surface area contributed by atoms with Crippen molar-refractivity contribution in [3.8, 4) is 11.0 Å². The minimum absolute atomic E-state index is 0.778. The van der Waals surface area contributed by atoms with E-state index in [-0.39, 0.29) is 0 Å². The molecule has 0 aromatic carbocycles. The molecule has 1 atom stereocenters. The maximum atomic E-state index is 4.36. The molecule has 0 aliphatic rings. The second kappa shape index (κ2) is 3.70. The summed E-state index contributed by atoms with van der Waals surface area (Å²) < 4.78 is 2.01. The van der Waals surface area contributed by atoms with Crippen LogP contribution in [0, 0.1) is 6.92 Å². The van der Waals surface area contributed by atoms with E-state index in [1.165, 1.54) is 29.8 Å². The number of aryl methyl sites for hydroxylation is 1. The van der Waals surface area contributed by atoms with Gasteiger partial charge in [-0.3, -0.25) is 0 Å². The van der Waals surface area contributed by atoms with Crippen molar-refractivity contribution in [1.29, 1.82) is 0 Å². The van der Waals surface area contributed by atoms with Crippen LogP contribution in [0.2, 0.25) is 0 Å². The zero-order chi connectivity index (χ0) is 9.26. The van der Waals surface area contributed by atoms with Crippen LogP contribution in [-0.4, -0.2) is 27.3 Å². The van der Waals surface area contributed by atoms with Crippen LogP contribution in [0.4, 0.5) is 0 Å². The van der Waals surface area contributed by atoms with Crippen molar-refractivity contribution < 1.29 is 0 Å². The normalized spacial score (nSPS) is 10.8. The fourth-order valence-electron chi connectivity index (χ4n) is 1.27. The van der Waals surface area contributed by atoms with E-state index in [4.69, 9.17) is 0 Å². The summed E-state index contributed by atoms with van der Waals surface area (Å²) in [6.45, 7) is 2.03. The van der Waals surface area contributed by atoms with Crippen molar-refractivity contribution in [2.24, 2.45) is 0 Å². The van der Waals surface area contributed by atoms with Crippen LogP contribution in [-0.2, 0) is 0 Å². The van der Waals surface area contributed by atoms with Crippen molar-refractivity contribution in [3.05, 3.63) is 35.8 Å². The summed E-state index contributed by atoms with van der Waals surface area (Å²) >= 11 is 1.53.